The van der Waals surface area contributed by atoms with Crippen molar-refractivity contribution in [2.75, 3.05) is 20.1 Å². The Morgan fingerprint density at radius 1 is 1.24 bits per heavy atom. The second-order valence-corrected chi connectivity index (χ2v) is 7.74. The van der Waals surface area contributed by atoms with E-state index in [4.69, 9.17) is 0 Å². The van der Waals surface area contributed by atoms with E-state index in [-0.39, 0.29) is 0 Å². The van der Waals surface area contributed by atoms with Gasteiger partial charge >= 0.3 is 0 Å². The number of halogens is 1. The van der Waals surface area contributed by atoms with Gasteiger partial charge in [0.05, 0.1) is 0 Å². The summed E-state index contributed by atoms with van der Waals surface area (Å²) < 4.78 is 1.28. The largest absolute Gasteiger partial charge is 0.314 e. The quantitative estimate of drug-likeness (QED) is 0.871. The van der Waals surface area contributed by atoms with Crippen molar-refractivity contribution in [3.8, 4) is 0 Å². The molecule has 0 spiro atoms. The highest BCUT2D eigenvalue weighted by atomic mass is 79.9. The highest BCUT2D eigenvalue weighted by Gasteiger charge is 2.31. The Morgan fingerprint density at radius 3 is 2.76 bits per heavy atom. The van der Waals surface area contributed by atoms with E-state index in [1.165, 1.54) is 60.8 Å². The van der Waals surface area contributed by atoms with Crippen LogP contribution in [-0.4, -0.2) is 31.1 Å². The highest BCUT2D eigenvalue weighted by molar-refractivity contribution is 9.10. The first-order valence-corrected chi connectivity index (χ1v) is 9.14. The molecule has 1 aromatic carbocycles. The number of rotatable bonds is 4. The molecule has 0 aromatic heterocycles. The Hall–Kier alpha value is -0.380. The third-order valence-corrected chi connectivity index (χ3v) is 5.66. The van der Waals surface area contributed by atoms with Crippen molar-refractivity contribution in [1.29, 1.82) is 0 Å². The molecule has 0 radical (unpaired) electrons. The standard InChI is InChI=1S/C18H27BrN2/c1-13-6-9-16(17(19)11-13)18-14(12-20-15-7-8-15)5-3-4-10-21(18)2/h6,9,11,14-15,18,20H,3-5,7-8,10,12H2,1-2H3. The third kappa shape index (κ3) is 3.88. The van der Waals surface area contributed by atoms with Crippen LogP contribution in [0.2, 0.25) is 0 Å². The van der Waals surface area contributed by atoms with Gasteiger partial charge in [0.2, 0.25) is 0 Å². The molecule has 2 fully saturated rings. The van der Waals surface area contributed by atoms with Crippen molar-refractivity contribution < 1.29 is 0 Å². The lowest BCUT2D eigenvalue weighted by molar-refractivity contribution is 0.188. The minimum atomic E-state index is 0.536. The van der Waals surface area contributed by atoms with Gasteiger partial charge < -0.3 is 5.32 Å². The third-order valence-electron chi connectivity index (χ3n) is 4.98. The first-order chi connectivity index (χ1) is 10.1. The number of nitrogens with zero attached hydrogens (tertiary/aromatic N) is 1. The predicted molar refractivity (Wildman–Crippen MR) is 92.6 cm³/mol. The topological polar surface area (TPSA) is 15.3 Å². The molecule has 1 N–H and O–H groups in total. The van der Waals surface area contributed by atoms with E-state index in [1.807, 2.05) is 0 Å². The molecule has 2 aliphatic rings. The fraction of sp³-hybridized carbons (Fsp3) is 0.667. The van der Waals surface area contributed by atoms with Crippen molar-refractivity contribution in [3.05, 3.63) is 33.8 Å². The Balaban J connectivity index is 1.83. The van der Waals surface area contributed by atoms with Crippen molar-refractivity contribution in [2.45, 2.75) is 51.1 Å². The van der Waals surface area contributed by atoms with Crippen LogP contribution in [0.1, 0.15) is 49.3 Å². The van der Waals surface area contributed by atoms with Crippen LogP contribution in [0.4, 0.5) is 0 Å². The lowest BCUT2D eigenvalue weighted by Gasteiger charge is -2.34. The molecule has 116 valence electrons. The molecule has 21 heavy (non-hydrogen) atoms. The van der Waals surface area contributed by atoms with E-state index in [1.54, 1.807) is 0 Å². The van der Waals surface area contributed by atoms with Crippen LogP contribution in [0.3, 0.4) is 0 Å². The molecule has 3 heteroatoms. The van der Waals surface area contributed by atoms with Crippen molar-refractivity contribution in [3.63, 3.8) is 0 Å². The van der Waals surface area contributed by atoms with Gasteiger partial charge in [0.25, 0.3) is 0 Å². The maximum absolute atomic E-state index is 3.81. The average molecular weight is 351 g/mol. The fourth-order valence-corrected chi connectivity index (χ4v) is 4.33. The zero-order valence-corrected chi connectivity index (χ0v) is 14.8. The molecule has 1 heterocycles. The number of likely N-dealkylation sites (tertiary alicyclic amines) is 1. The summed E-state index contributed by atoms with van der Waals surface area (Å²) in [5.74, 6) is 0.720. The molecule has 1 aromatic rings. The Kier molecular flexibility index (Phi) is 5.03. The van der Waals surface area contributed by atoms with E-state index in [9.17, 15) is 0 Å². The summed E-state index contributed by atoms with van der Waals surface area (Å²) in [6.45, 7) is 4.54. The Morgan fingerprint density at radius 2 is 2.05 bits per heavy atom. The lowest BCUT2D eigenvalue weighted by Crippen LogP contribution is -2.35. The van der Waals surface area contributed by atoms with Crippen molar-refractivity contribution in [1.82, 2.24) is 10.2 Å². The monoisotopic (exact) mass is 350 g/mol. The molecule has 2 atom stereocenters. The predicted octanol–water partition coefficient (Wildman–Crippen LogP) is 4.28. The summed E-state index contributed by atoms with van der Waals surface area (Å²) in [7, 11) is 2.30. The van der Waals surface area contributed by atoms with Crippen molar-refractivity contribution >= 4 is 15.9 Å². The molecule has 1 aliphatic heterocycles. The van der Waals surface area contributed by atoms with Gasteiger partial charge in [-0.3, -0.25) is 4.90 Å². The second kappa shape index (κ2) is 6.80. The van der Waals surface area contributed by atoms with Crippen molar-refractivity contribution in [2.24, 2.45) is 5.92 Å². The summed E-state index contributed by atoms with van der Waals surface area (Å²) in [4.78, 5) is 2.57. The van der Waals surface area contributed by atoms with Gasteiger partial charge in [0.1, 0.15) is 0 Å². The van der Waals surface area contributed by atoms with Crippen LogP contribution in [0.15, 0.2) is 22.7 Å². The summed E-state index contributed by atoms with van der Waals surface area (Å²) in [6, 6.07) is 8.19. The van der Waals surface area contributed by atoms with Gasteiger partial charge in [-0.1, -0.05) is 34.5 Å². The summed E-state index contributed by atoms with van der Waals surface area (Å²) in [5, 5.41) is 3.76. The maximum atomic E-state index is 3.81. The normalized spacial score (nSPS) is 27.6. The van der Waals surface area contributed by atoms with Crippen LogP contribution in [0, 0.1) is 12.8 Å². The van der Waals surface area contributed by atoms with Gasteiger partial charge in [-0.2, -0.15) is 0 Å². The molecule has 0 bridgehead atoms. The smallest absolute Gasteiger partial charge is 0.0396 e. The minimum absolute atomic E-state index is 0.536. The van der Waals surface area contributed by atoms with Gasteiger partial charge in [-0.05, 0) is 69.3 Å². The molecular weight excluding hydrogens is 324 g/mol. The molecule has 0 amide bonds. The average Bonchev–Trinajstić information content (AvgIpc) is 3.26. The van der Waals surface area contributed by atoms with E-state index in [0.717, 1.165) is 12.0 Å². The lowest BCUT2D eigenvalue weighted by atomic mass is 9.89. The molecule has 2 nitrogen and oxygen atoms in total. The number of hydrogen-bond donors (Lipinski definition) is 1. The summed E-state index contributed by atoms with van der Waals surface area (Å²) in [6.07, 6.45) is 6.79. The molecular formula is C18H27BrN2. The summed E-state index contributed by atoms with van der Waals surface area (Å²) in [5.41, 5.74) is 2.79. The second-order valence-electron chi connectivity index (χ2n) is 6.89. The Bertz CT molecular complexity index is 484. The zero-order chi connectivity index (χ0) is 14.8. The molecule has 1 saturated heterocycles. The van der Waals surface area contributed by atoms with Crippen LogP contribution >= 0.6 is 15.9 Å². The molecule has 3 rings (SSSR count). The van der Waals surface area contributed by atoms with Crippen LogP contribution in [-0.2, 0) is 0 Å². The van der Waals surface area contributed by atoms with E-state index in [0.29, 0.717) is 6.04 Å². The number of hydrogen-bond acceptors (Lipinski definition) is 2. The minimum Gasteiger partial charge on any atom is -0.314 e. The SMILES string of the molecule is Cc1ccc(C2C(CNC3CC3)CCCCN2C)c(Br)c1. The van der Waals surface area contributed by atoms with Gasteiger partial charge in [-0.15, -0.1) is 0 Å². The molecule has 2 unspecified atom stereocenters. The molecule has 1 saturated carbocycles. The van der Waals surface area contributed by atoms with Gasteiger partial charge in [0.15, 0.2) is 0 Å². The number of benzene rings is 1. The van der Waals surface area contributed by atoms with Crippen LogP contribution in [0.25, 0.3) is 0 Å². The van der Waals surface area contributed by atoms with E-state index >= 15 is 0 Å². The van der Waals surface area contributed by atoms with E-state index < -0.39 is 0 Å². The van der Waals surface area contributed by atoms with E-state index in [2.05, 4.69) is 58.3 Å². The molecule has 1 aliphatic carbocycles. The number of nitrogens with one attached hydrogen (secondary N) is 1. The van der Waals surface area contributed by atoms with Gasteiger partial charge in [-0.25, -0.2) is 0 Å². The number of aryl methyl sites for hydroxylation is 1. The fourth-order valence-electron chi connectivity index (χ4n) is 3.61. The van der Waals surface area contributed by atoms with Crippen LogP contribution < -0.4 is 5.32 Å². The van der Waals surface area contributed by atoms with Gasteiger partial charge in [0, 0.05) is 23.1 Å². The zero-order valence-electron chi connectivity index (χ0n) is 13.2. The Labute approximate surface area is 137 Å². The first-order valence-electron chi connectivity index (χ1n) is 8.35. The van der Waals surface area contributed by atoms with Crippen LogP contribution in [0.5, 0.6) is 0 Å². The maximum Gasteiger partial charge on any atom is 0.0396 e. The first kappa shape index (κ1) is 15.5. The summed E-state index contributed by atoms with van der Waals surface area (Å²) >= 11 is 3.81. The highest BCUT2D eigenvalue weighted by Crippen LogP contribution is 2.38.